The first-order valence-electron chi connectivity index (χ1n) is 9.46. The van der Waals surface area contributed by atoms with Crippen LogP contribution in [0.4, 0.5) is 5.69 Å². The van der Waals surface area contributed by atoms with E-state index in [1.165, 1.54) is 30.6 Å². The Balaban J connectivity index is 1.97. The molecule has 0 atom stereocenters. The number of amides is 1. The Kier molecular flexibility index (Phi) is 6.24. The number of likely N-dealkylation sites (tertiary alicyclic amines) is 1. The molecule has 0 N–H and O–H groups in total. The molecular formula is C21H26N2O4S. The lowest BCUT2D eigenvalue weighted by Crippen LogP contribution is -2.32. The molecule has 0 unspecified atom stereocenters. The van der Waals surface area contributed by atoms with E-state index in [9.17, 15) is 13.2 Å². The van der Waals surface area contributed by atoms with Crippen LogP contribution in [0.25, 0.3) is 0 Å². The molecule has 1 amide bonds. The highest BCUT2D eigenvalue weighted by Gasteiger charge is 2.26. The van der Waals surface area contributed by atoms with Gasteiger partial charge in [-0.1, -0.05) is 31.0 Å². The van der Waals surface area contributed by atoms with Gasteiger partial charge in [0.25, 0.3) is 15.9 Å². The van der Waals surface area contributed by atoms with E-state index in [2.05, 4.69) is 0 Å². The van der Waals surface area contributed by atoms with E-state index in [1.54, 1.807) is 35.2 Å². The van der Waals surface area contributed by atoms with Gasteiger partial charge in [-0.05, 0) is 43.2 Å². The number of rotatable bonds is 5. The highest BCUT2D eigenvalue weighted by atomic mass is 32.2. The van der Waals surface area contributed by atoms with Crippen LogP contribution in [0.2, 0.25) is 0 Å². The number of hydrogen-bond acceptors (Lipinski definition) is 4. The van der Waals surface area contributed by atoms with Crippen LogP contribution in [0.3, 0.4) is 0 Å². The number of ether oxygens (including phenoxy) is 1. The van der Waals surface area contributed by atoms with Gasteiger partial charge in [-0.25, -0.2) is 8.42 Å². The molecule has 0 radical (unpaired) electrons. The Morgan fingerprint density at radius 1 is 1.00 bits per heavy atom. The van der Waals surface area contributed by atoms with Crippen molar-refractivity contribution in [3.05, 3.63) is 54.1 Å². The zero-order chi connectivity index (χ0) is 20.1. The van der Waals surface area contributed by atoms with Crippen LogP contribution >= 0.6 is 0 Å². The van der Waals surface area contributed by atoms with Crippen molar-refractivity contribution in [3.8, 4) is 5.75 Å². The molecule has 2 aromatic carbocycles. The maximum atomic E-state index is 13.1. The van der Waals surface area contributed by atoms with E-state index in [-0.39, 0.29) is 16.4 Å². The van der Waals surface area contributed by atoms with E-state index >= 15 is 0 Å². The zero-order valence-electron chi connectivity index (χ0n) is 16.3. The van der Waals surface area contributed by atoms with Gasteiger partial charge in [0.2, 0.25) is 0 Å². The number of nitrogens with zero attached hydrogens (tertiary/aromatic N) is 2. The summed E-state index contributed by atoms with van der Waals surface area (Å²) in [7, 11) is -0.814. The number of anilines is 1. The van der Waals surface area contributed by atoms with Crippen molar-refractivity contribution in [2.75, 3.05) is 31.6 Å². The minimum absolute atomic E-state index is 0.0674. The number of carbonyl (C=O) groups is 1. The van der Waals surface area contributed by atoms with Gasteiger partial charge in [0.1, 0.15) is 5.75 Å². The van der Waals surface area contributed by atoms with Gasteiger partial charge < -0.3 is 9.64 Å². The Hall–Kier alpha value is -2.54. The highest BCUT2D eigenvalue weighted by Crippen LogP contribution is 2.28. The fourth-order valence-corrected chi connectivity index (χ4v) is 4.62. The van der Waals surface area contributed by atoms with Gasteiger partial charge in [-0.2, -0.15) is 0 Å². The van der Waals surface area contributed by atoms with Crippen LogP contribution in [0.15, 0.2) is 53.4 Å². The molecule has 1 aliphatic heterocycles. The van der Waals surface area contributed by atoms with Gasteiger partial charge >= 0.3 is 0 Å². The Bertz CT molecular complexity index is 921. The summed E-state index contributed by atoms with van der Waals surface area (Å²) in [5, 5.41) is 0. The standard InChI is InChI=1S/C21H26N2O4S/c1-22(17-10-6-5-7-11-17)28(25,26)18-12-13-20(27-2)19(16-18)21(24)23-14-8-3-4-9-15-23/h5-7,10-13,16H,3-4,8-9,14-15H2,1-2H3. The second-order valence-electron chi connectivity index (χ2n) is 6.88. The molecule has 6 nitrogen and oxygen atoms in total. The second kappa shape index (κ2) is 8.65. The molecule has 7 heteroatoms. The fourth-order valence-electron chi connectivity index (χ4n) is 3.39. The number of hydrogen-bond donors (Lipinski definition) is 0. The van der Waals surface area contributed by atoms with Crippen molar-refractivity contribution in [3.63, 3.8) is 0 Å². The number of sulfonamides is 1. The van der Waals surface area contributed by atoms with Crippen molar-refractivity contribution in [2.24, 2.45) is 0 Å². The number of carbonyl (C=O) groups excluding carboxylic acids is 1. The van der Waals surface area contributed by atoms with Crippen molar-refractivity contribution in [1.82, 2.24) is 4.90 Å². The minimum Gasteiger partial charge on any atom is -0.496 e. The highest BCUT2D eigenvalue weighted by molar-refractivity contribution is 7.92. The van der Waals surface area contributed by atoms with Gasteiger partial charge in [-0.15, -0.1) is 0 Å². The molecule has 3 rings (SSSR count). The lowest BCUT2D eigenvalue weighted by Gasteiger charge is -2.23. The van der Waals surface area contributed by atoms with Crippen LogP contribution in [0.1, 0.15) is 36.0 Å². The molecule has 1 saturated heterocycles. The van der Waals surface area contributed by atoms with Crippen molar-refractivity contribution >= 4 is 21.6 Å². The molecule has 28 heavy (non-hydrogen) atoms. The van der Waals surface area contributed by atoms with Gasteiger partial charge in [0.05, 0.1) is 23.3 Å². The average molecular weight is 403 g/mol. The number of methoxy groups -OCH3 is 1. The summed E-state index contributed by atoms with van der Waals surface area (Å²) in [5.74, 6) is 0.203. The third-order valence-corrected chi connectivity index (χ3v) is 6.85. The Labute approximate surface area is 166 Å². The summed E-state index contributed by atoms with van der Waals surface area (Å²) in [6, 6.07) is 13.3. The third-order valence-electron chi connectivity index (χ3n) is 5.07. The molecule has 1 fully saturated rings. The van der Waals surface area contributed by atoms with Crippen LogP contribution < -0.4 is 9.04 Å². The van der Waals surface area contributed by atoms with E-state index < -0.39 is 10.0 Å². The van der Waals surface area contributed by atoms with E-state index in [1.807, 2.05) is 6.07 Å². The maximum Gasteiger partial charge on any atom is 0.264 e. The summed E-state index contributed by atoms with van der Waals surface area (Å²) in [6.07, 6.45) is 4.14. The SMILES string of the molecule is COc1ccc(S(=O)(=O)N(C)c2ccccc2)cc1C(=O)N1CCCCCC1. The molecule has 0 bridgehead atoms. The monoisotopic (exact) mass is 402 g/mol. The number of para-hydroxylation sites is 1. The summed E-state index contributed by atoms with van der Waals surface area (Å²) >= 11 is 0. The van der Waals surface area contributed by atoms with Crippen molar-refractivity contribution in [1.29, 1.82) is 0 Å². The second-order valence-corrected chi connectivity index (χ2v) is 8.85. The summed E-state index contributed by atoms with van der Waals surface area (Å²) in [6.45, 7) is 1.37. The molecular weight excluding hydrogens is 376 g/mol. The topological polar surface area (TPSA) is 66.9 Å². The molecule has 1 heterocycles. The molecule has 0 aliphatic carbocycles. The lowest BCUT2D eigenvalue weighted by molar-refractivity contribution is 0.0758. The largest absolute Gasteiger partial charge is 0.496 e. The van der Waals surface area contributed by atoms with Crippen LogP contribution in [0, 0.1) is 0 Å². The summed E-state index contributed by atoms with van der Waals surface area (Å²) in [4.78, 5) is 14.9. The predicted octanol–water partition coefficient (Wildman–Crippen LogP) is 3.54. The lowest BCUT2D eigenvalue weighted by atomic mass is 10.1. The first-order chi connectivity index (χ1) is 13.4. The van der Waals surface area contributed by atoms with E-state index in [0.717, 1.165) is 25.7 Å². The third kappa shape index (κ3) is 4.14. The van der Waals surface area contributed by atoms with E-state index in [4.69, 9.17) is 4.74 Å². The Morgan fingerprint density at radius 2 is 1.64 bits per heavy atom. The summed E-state index contributed by atoms with van der Waals surface area (Å²) in [5.41, 5.74) is 0.839. The molecule has 1 aliphatic rings. The average Bonchev–Trinajstić information content (AvgIpc) is 3.02. The maximum absolute atomic E-state index is 13.1. The minimum atomic E-state index is -3.80. The first kappa shape index (κ1) is 20.2. The Morgan fingerprint density at radius 3 is 2.25 bits per heavy atom. The number of benzene rings is 2. The predicted molar refractivity (Wildman–Crippen MR) is 109 cm³/mol. The molecule has 0 spiro atoms. The van der Waals surface area contributed by atoms with Gasteiger partial charge in [-0.3, -0.25) is 9.10 Å². The van der Waals surface area contributed by atoms with E-state index in [0.29, 0.717) is 24.5 Å². The summed E-state index contributed by atoms with van der Waals surface area (Å²) < 4.78 is 32.8. The smallest absolute Gasteiger partial charge is 0.264 e. The van der Waals surface area contributed by atoms with Crippen LogP contribution in [-0.2, 0) is 10.0 Å². The quantitative estimate of drug-likeness (QED) is 0.767. The molecule has 0 aromatic heterocycles. The molecule has 0 saturated carbocycles. The molecule has 150 valence electrons. The van der Waals surface area contributed by atoms with Gasteiger partial charge in [0, 0.05) is 20.1 Å². The zero-order valence-corrected chi connectivity index (χ0v) is 17.1. The van der Waals surface area contributed by atoms with Crippen molar-refractivity contribution in [2.45, 2.75) is 30.6 Å². The fraction of sp³-hybridized carbons (Fsp3) is 0.381. The van der Waals surface area contributed by atoms with Crippen LogP contribution in [-0.4, -0.2) is 46.5 Å². The normalized spacial score (nSPS) is 15.0. The van der Waals surface area contributed by atoms with Crippen LogP contribution in [0.5, 0.6) is 5.75 Å². The van der Waals surface area contributed by atoms with Gasteiger partial charge in [0.15, 0.2) is 0 Å². The molecule has 2 aromatic rings. The first-order valence-corrected chi connectivity index (χ1v) is 10.9. The van der Waals surface area contributed by atoms with Crippen molar-refractivity contribution < 1.29 is 17.9 Å².